The number of hydrogen-bond donors (Lipinski definition) is 1. The molecular weight excluding hydrogens is 206 g/mol. The second-order valence-electron chi connectivity index (χ2n) is 4.10. The zero-order valence-corrected chi connectivity index (χ0v) is 9.95. The van der Waals surface area contributed by atoms with Crippen molar-refractivity contribution in [2.45, 2.75) is 19.8 Å². The fourth-order valence-electron chi connectivity index (χ4n) is 1.82. The average molecular weight is 227 g/mol. The van der Waals surface area contributed by atoms with Crippen LogP contribution in [0.3, 0.4) is 0 Å². The molecule has 0 aromatic heterocycles. The van der Waals surface area contributed by atoms with Crippen molar-refractivity contribution in [2.24, 2.45) is 0 Å². The third kappa shape index (κ3) is 4.61. The summed E-state index contributed by atoms with van der Waals surface area (Å²) >= 11 is 0. The summed E-state index contributed by atoms with van der Waals surface area (Å²) in [6.45, 7) is 7.21. The fourth-order valence-corrected chi connectivity index (χ4v) is 1.82. The largest absolute Gasteiger partial charge is 0.343 e. The highest BCUT2D eigenvalue weighted by Crippen LogP contribution is 2.06. The molecule has 92 valence electrons. The number of rotatable bonds is 1. The van der Waals surface area contributed by atoms with E-state index < -0.39 is 0 Å². The molecule has 2 heterocycles. The highest BCUT2D eigenvalue weighted by Gasteiger charge is 2.12. The summed E-state index contributed by atoms with van der Waals surface area (Å²) in [6.07, 6.45) is 3.29. The second-order valence-corrected chi connectivity index (χ2v) is 4.10. The Balaban J connectivity index is 0.000000160. The molecule has 0 atom stereocenters. The SMILES string of the molecule is CC(=O)N1CCCC1.O=CN1CCNCC1. The molecular formula is C11H21N3O2. The highest BCUT2D eigenvalue weighted by molar-refractivity contribution is 5.73. The van der Waals surface area contributed by atoms with Crippen LogP contribution in [-0.2, 0) is 9.59 Å². The van der Waals surface area contributed by atoms with Gasteiger partial charge >= 0.3 is 0 Å². The number of hydrogen-bond acceptors (Lipinski definition) is 3. The lowest BCUT2D eigenvalue weighted by atomic mass is 10.4. The van der Waals surface area contributed by atoms with Crippen molar-refractivity contribution in [3.05, 3.63) is 0 Å². The molecule has 16 heavy (non-hydrogen) atoms. The number of carbonyl (C=O) groups excluding carboxylic acids is 2. The molecule has 2 aliphatic heterocycles. The normalized spacial score (nSPS) is 20.1. The van der Waals surface area contributed by atoms with Gasteiger partial charge in [0.2, 0.25) is 12.3 Å². The van der Waals surface area contributed by atoms with E-state index in [-0.39, 0.29) is 5.91 Å². The molecule has 2 amide bonds. The Hall–Kier alpha value is -1.10. The van der Waals surface area contributed by atoms with Gasteiger partial charge in [-0.3, -0.25) is 9.59 Å². The summed E-state index contributed by atoms with van der Waals surface area (Å²) in [5.74, 6) is 0.225. The molecule has 2 saturated heterocycles. The number of piperazine rings is 1. The molecule has 0 aliphatic carbocycles. The van der Waals surface area contributed by atoms with Gasteiger partial charge in [0, 0.05) is 46.2 Å². The van der Waals surface area contributed by atoms with Crippen LogP contribution in [0.25, 0.3) is 0 Å². The van der Waals surface area contributed by atoms with Crippen LogP contribution in [0.15, 0.2) is 0 Å². The number of nitrogens with zero attached hydrogens (tertiary/aromatic N) is 2. The van der Waals surface area contributed by atoms with E-state index >= 15 is 0 Å². The number of nitrogens with one attached hydrogen (secondary N) is 1. The molecule has 0 aromatic rings. The van der Waals surface area contributed by atoms with Gasteiger partial charge in [0.1, 0.15) is 0 Å². The molecule has 2 aliphatic rings. The van der Waals surface area contributed by atoms with Crippen molar-refractivity contribution in [1.82, 2.24) is 15.1 Å². The molecule has 5 nitrogen and oxygen atoms in total. The van der Waals surface area contributed by atoms with Crippen LogP contribution < -0.4 is 5.32 Å². The molecule has 0 unspecified atom stereocenters. The highest BCUT2D eigenvalue weighted by atomic mass is 16.2. The minimum Gasteiger partial charge on any atom is -0.343 e. The Bertz CT molecular complexity index is 221. The first-order chi connectivity index (χ1) is 7.74. The summed E-state index contributed by atoms with van der Waals surface area (Å²) in [5.41, 5.74) is 0. The van der Waals surface area contributed by atoms with E-state index in [1.54, 1.807) is 11.8 Å². The monoisotopic (exact) mass is 227 g/mol. The molecule has 0 radical (unpaired) electrons. The number of likely N-dealkylation sites (tertiary alicyclic amines) is 1. The van der Waals surface area contributed by atoms with Crippen LogP contribution in [0.5, 0.6) is 0 Å². The summed E-state index contributed by atoms with van der Waals surface area (Å²) < 4.78 is 0. The predicted octanol–water partition coefficient (Wildman–Crippen LogP) is -0.323. The Morgan fingerprint density at radius 2 is 1.69 bits per heavy atom. The third-order valence-corrected chi connectivity index (χ3v) is 2.85. The maximum Gasteiger partial charge on any atom is 0.219 e. The van der Waals surface area contributed by atoms with Gasteiger partial charge in [-0.2, -0.15) is 0 Å². The van der Waals surface area contributed by atoms with Crippen LogP contribution in [-0.4, -0.2) is 61.4 Å². The van der Waals surface area contributed by atoms with E-state index in [4.69, 9.17) is 0 Å². The summed E-state index contributed by atoms with van der Waals surface area (Å²) in [6, 6.07) is 0. The van der Waals surface area contributed by atoms with Crippen LogP contribution in [0.2, 0.25) is 0 Å². The maximum absolute atomic E-state index is 10.6. The van der Waals surface area contributed by atoms with Crippen molar-refractivity contribution in [1.29, 1.82) is 0 Å². The molecule has 5 heteroatoms. The number of carbonyl (C=O) groups is 2. The van der Waals surface area contributed by atoms with Crippen LogP contribution >= 0.6 is 0 Å². The van der Waals surface area contributed by atoms with Gasteiger partial charge in [0.15, 0.2) is 0 Å². The van der Waals surface area contributed by atoms with E-state index in [9.17, 15) is 9.59 Å². The van der Waals surface area contributed by atoms with Gasteiger partial charge in [0.05, 0.1) is 0 Å². The van der Waals surface area contributed by atoms with Crippen molar-refractivity contribution < 1.29 is 9.59 Å². The molecule has 0 saturated carbocycles. The van der Waals surface area contributed by atoms with Crippen LogP contribution in [0, 0.1) is 0 Å². The Morgan fingerprint density at radius 3 is 2.00 bits per heavy atom. The second kappa shape index (κ2) is 7.22. The van der Waals surface area contributed by atoms with Crippen LogP contribution in [0.1, 0.15) is 19.8 Å². The van der Waals surface area contributed by atoms with Crippen LogP contribution in [0.4, 0.5) is 0 Å². The standard InChI is InChI=1S/C6H11NO.C5H10N2O/c1-6(8)7-4-2-3-5-7;8-5-7-3-1-6-2-4-7/h2-5H2,1H3;5-6H,1-4H2. The Kier molecular flexibility index (Phi) is 5.85. The number of amides is 2. The van der Waals surface area contributed by atoms with E-state index in [1.165, 1.54) is 12.8 Å². The van der Waals surface area contributed by atoms with Gasteiger partial charge in [-0.05, 0) is 12.8 Å². The van der Waals surface area contributed by atoms with Crippen molar-refractivity contribution in [3.63, 3.8) is 0 Å². The van der Waals surface area contributed by atoms with E-state index in [2.05, 4.69) is 5.32 Å². The van der Waals surface area contributed by atoms with Gasteiger partial charge in [-0.25, -0.2) is 0 Å². The lowest BCUT2D eigenvalue weighted by Gasteiger charge is -2.22. The summed E-state index contributed by atoms with van der Waals surface area (Å²) in [5, 5.41) is 3.15. The lowest BCUT2D eigenvalue weighted by molar-refractivity contribution is -0.127. The molecule has 0 spiro atoms. The van der Waals surface area contributed by atoms with E-state index in [1.807, 2.05) is 4.90 Å². The molecule has 2 rings (SSSR count). The van der Waals surface area contributed by atoms with Gasteiger partial charge in [-0.15, -0.1) is 0 Å². The molecule has 0 aromatic carbocycles. The first kappa shape index (κ1) is 13.0. The average Bonchev–Trinajstić information content (AvgIpc) is 2.85. The maximum atomic E-state index is 10.6. The predicted molar refractivity (Wildman–Crippen MR) is 62.0 cm³/mol. The smallest absolute Gasteiger partial charge is 0.219 e. The Morgan fingerprint density at radius 1 is 1.12 bits per heavy atom. The lowest BCUT2D eigenvalue weighted by Crippen LogP contribution is -2.42. The van der Waals surface area contributed by atoms with Gasteiger partial charge < -0.3 is 15.1 Å². The quantitative estimate of drug-likeness (QED) is 0.624. The zero-order chi connectivity index (χ0) is 11.8. The fraction of sp³-hybridized carbons (Fsp3) is 0.818. The first-order valence-electron chi connectivity index (χ1n) is 5.89. The topological polar surface area (TPSA) is 52.7 Å². The van der Waals surface area contributed by atoms with Gasteiger partial charge in [0.25, 0.3) is 0 Å². The summed E-state index contributed by atoms with van der Waals surface area (Å²) in [7, 11) is 0. The van der Waals surface area contributed by atoms with Gasteiger partial charge in [-0.1, -0.05) is 0 Å². The molecule has 0 bridgehead atoms. The van der Waals surface area contributed by atoms with Crippen molar-refractivity contribution >= 4 is 12.3 Å². The first-order valence-corrected chi connectivity index (χ1v) is 5.89. The third-order valence-electron chi connectivity index (χ3n) is 2.85. The molecule has 2 fully saturated rings. The van der Waals surface area contributed by atoms with Crippen molar-refractivity contribution in [2.75, 3.05) is 39.3 Å². The minimum absolute atomic E-state index is 0.225. The Labute approximate surface area is 96.8 Å². The zero-order valence-electron chi connectivity index (χ0n) is 9.95. The van der Waals surface area contributed by atoms with E-state index in [0.29, 0.717) is 0 Å². The molecule has 1 N–H and O–H groups in total. The minimum atomic E-state index is 0.225. The van der Waals surface area contributed by atoms with Crippen molar-refractivity contribution in [3.8, 4) is 0 Å². The van der Waals surface area contributed by atoms with E-state index in [0.717, 1.165) is 45.7 Å². The summed E-state index contributed by atoms with van der Waals surface area (Å²) in [4.78, 5) is 24.3.